The molecule has 1 saturated carbocycles. The van der Waals surface area contributed by atoms with E-state index in [0.717, 1.165) is 42.1 Å². The van der Waals surface area contributed by atoms with Crippen molar-refractivity contribution in [3.05, 3.63) is 24.8 Å². The number of nitrogens with one attached hydrogen (secondary N) is 1. The highest BCUT2D eigenvalue weighted by Crippen LogP contribution is 2.38. The van der Waals surface area contributed by atoms with Gasteiger partial charge in [0, 0.05) is 25.0 Å². The molecule has 2 atom stereocenters. The van der Waals surface area contributed by atoms with Crippen LogP contribution in [0.4, 0.5) is 5.82 Å². The van der Waals surface area contributed by atoms with Gasteiger partial charge in [0.2, 0.25) is 0 Å². The smallest absolute Gasteiger partial charge is 0.139 e. The molecule has 20 heavy (non-hydrogen) atoms. The molecule has 1 aliphatic heterocycles. The maximum Gasteiger partial charge on any atom is 0.139 e. The van der Waals surface area contributed by atoms with Crippen molar-refractivity contribution in [2.24, 2.45) is 5.92 Å². The van der Waals surface area contributed by atoms with Gasteiger partial charge in [0.1, 0.15) is 12.1 Å². The molecular weight excluding hydrogens is 252 g/mol. The molecule has 2 aromatic heterocycles. The molecule has 0 aromatic carbocycles. The SMILES string of the molecule is c1cc2ncnc(NC3CCOC(C4CC4)C3)c2cn1. The fraction of sp³-hybridized carbons (Fsp3) is 0.533. The molecule has 2 fully saturated rings. The normalized spacial score (nSPS) is 26.6. The first-order valence-corrected chi connectivity index (χ1v) is 7.33. The van der Waals surface area contributed by atoms with Crippen molar-refractivity contribution in [3.8, 4) is 0 Å². The summed E-state index contributed by atoms with van der Waals surface area (Å²) in [4.78, 5) is 12.8. The molecule has 0 amide bonds. The van der Waals surface area contributed by atoms with E-state index in [4.69, 9.17) is 4.74 Å². The Kier molecular flexibility index (Phi) is 2.99. The number of hydrogen-bond donors (Lipinski definition) is 1. The molecule has 2 unspecified atom stereocenters. The summed E-state index contributed by atoms with van der Waals surface area (Å²) in [6.45, 7) is 0.847. The van der Waals surface area contributed by atoms with Crippen LogP contribution in [0, 0.1) is 5.92 Å². The Morgan fingerprint density at radius 1 is 1.20 bits per heavy atom. The highest BCUT2D eigenvalue weighted by atomic mass is 16.5. The number of aromatic nitrogens is 3. The second-order valence-electron chi connectivity index (χ2n) is 5.73. The fourth-order valence-corrected chi connectivity index (χ4v) is 2.96. The van der Waals surface area contributed by atoms with Gasteiger partial charge < -0.3 is 10.1 Å². The van der Waals surface area contributed by atoms with Crippen LogP contribution in [0.15, 0.2) is 24.8 Å². The van der Waals surface area contributed by atoms with Gasteiger partial charge in [0.25, 0.3) is 0 Å². The van der Waals surface area contributed by atoms with Crippen LogP contribution < -0.4 is 5.32 Å². The Labute approximate surface area is 117 Å². The zero-order chi connectivity index (χ0) is 13.4. The predicted octanol–water partition coefficient (Wildman–Crippen LogP) is 2.39. The first kappa shape index (κ1) is 12.0. The molecule has 2 aromatic rings. The van der Waals surface area contributed by atoms with Crippen molar-refractivity contribution in [3.63, 3.8) is 0 Å². The van der Waals surface area contributed by atoms with Crippen LogP contribution in [0.1, 0.15) is 25.7 Å². The van der Waals surface area contributed by atoms with Crippen molar-refractivity contribution in [1.82, 2.24) is 15.0 Å². The van der Waals surface area contributed by atoms with Gasteiger partial charge in [-0.05, 0) is 37.7 Å². The van der Waals surface area contributed by atoms with Crippen molar-refractivity contribution in [1.29, 1.82) is 0 Å². The molecule has 3 heterocycles. The largest absolute Gasteiger partial charge is 0.378 e. The summed E-state index contributed by atoms with van der Waals surface area (Å²) in [7, 11) is 0. The standard InChI is InChI=1S/C15H18N4O/c1-2-10(1)14-7-11(4-6-20-14)19-15-12-8-16-5-3-13(12)17-9-18-15/h3,5,8-11,14H,1-2,4,6-7H2,(H,17,18,19). The van der Waals surface area contributed by atoms with Gasteiger partial charge in [0.15, 0.2) is 0 Å². The third-order valence-corrected chi connectivity index (χ3v) is 4.24. The van der Waals surface area contributed by atoms with Crippen molar-refractivity contribution >= 4 is 16.7 Å². The van der Waals surface area contributed by atoms with E-state index in [2.05, 4.69) is 20.3 Å². The van der Waals surface area contributed by atoms with Crippen molar-refractivity contribution in [2.75, 3.05) is 11.9 Å². The number of anilines is 1. The van der Waals surface area contributed by atoms with E-state index in [9.17, 15) is 0 Å². The van der Waals surface area contributed by atoms with Crippen LogP contribution in [-0.2, 0) is 4.74 Å². The van der Waals surface area contributed by atoms with Crippen LogP contribution in [0.5, 0.6) is 0 Å². The van der Waals surface area contributed by atoms with E-state index in [0.29, 0.717) is 12.1 Å². The van der Waals surface area contributed by atoms with E-state index >= 15 is 0 Å². The van der Waals surface area contributed by atoms with E-state index in [1.807, 2.05) is 12.3 Å². The zero-order valence-electron chi connectivity index (χ0n) is 11.3. The lowest BCUT2D eigenvalue weighted by Crippen LogP contribution is -2.35. The van der Waals surface area contributed by atoms with Crippen LogP contribution in [0.3, 0.4) is 0 Å². The summed E-state index contributed by atoms with van der Waals surface area (Å²) in [5.74, 6) is 1.69. The predicted molar refractivity (Wildman–Crippen MR) is 76.4 cm³/mol. The number of rotatable bonds is 3. The Bertz CT molecular complexity index is 608. The van der Waals surface area contributed by atoms with E-state index in [-0.39, 0.29) is 0 Å². The highest BCUT2D eigenvalue weighted by molar-refractivity contribution is 5.87. The summed E-state index contributed by atoms with van der Waals surface area (Å²) in [5, 5.41) is 4.56. The summed E-state index contributed by atoms with van der Waals surface area (Å²) >= 11 is 0. The minimum atomic E-state index is 0.437. The number of nitrogens with zero attached hydrogens (tertiary/aromatic N) is 3. The van der Waals surface area contributed by atoms with Crippen LogP contribution in [0.25, 0.3) is 10.9 Å². The minimum Gasteiger partial charge on any atom is -0.378 e. The molecule has 1 N–H and O–H groups in total. The van der Waals surface area contributed by atoms with Crippen LogP contribution in [0.2, 0.25) is 0 Å². The van der Waals surface area contributed by atoms with E-state index in [1.54, 1.807) is 12.5 Å². The Morgan fingerprint density at radius 2 is 2.15 bits per heavy atom. The second kappa shape index (κ2) is 4.98. The molecule has 4 rings (SSSR count). The van der Waals surface area contributed by atoms with Crippen molar-refractivity contribution in [2.45, 2.75) is 37.8 Å². The van der Waals surface area contributed by atoms with Gasteiger partial charge in [-0.3, -0.25) is 4.98 Å². The summed E-state index contributed by atoms with van der Waals surface area (Å²) < 4.78 is 5.87. The van der Waals surface area contributed by atoms with Gasteiger partial charge in [0.05, 0.1) is 17.0 Å². The number of ether oxygens (including phenoxy) is 1. The molecule has 1 saturated heterocycles. The van der Waals surface area contributed by atoms with E-state index < -0.39 is 0 Å². The van der Waals surface area contributed by atoms with Gasteiger partial charge in [-0.2, -0.15) is 0 Å². The average molecular weight is 270 g/mol. The third kappa shape index (κ3) is 2.33. The molecule has 5 nitrogen and oxygen atoms in total. The maximum atomic E-state index is 5.87. The Balaban J connectivity index is 1.54. The summed E-state index contributed by atoms with van der Waals surface area (Å²) in [6.07, 6.45) is 10.4. The molecular formula is C15H18N4O. The summed E-state index contributed by atoms with van der Waals surface area (Å²) in [6, 6.07) is 2.35. The minimum absolute atomic E-state index is 0.437. The van der Waals surface area contributed by atoms with E-state index in [1.165, 1.54) is 12.8 Å². The lowest BCUT2D eigenvalue weighted by molar-refractivity contribution is -0.00221. The molecule has 0 spiro atoms. The lowest BCUT2D eigenvalue weighted by Gasteiger charge is -2.30. The van der Waals surface area contributed by atoms with Crippen molar-refractivity contribution < 1.29 is 4.74 Å². The maximum absolute atomic E-state index is 5.87. The number of pyridine rings is 1. The Hall–Kier alpha value is -1.75. The lowest BCUT2D eigenvalue weighted by atomic mass is 10.00. The third-order valence-electron chi connectivity index (χ3n) is 4.24. The quantitative estimate of drug-likeness (QED) is 0.928. The first-order valence-electron chi connectivity index (χ1n) is 7.33. The van der Waals surface area contributed by atoms with Crippen LogP contribution >= 0.6 is 0 Å². The second-order valence-corrected chi connectivity index (χ2v) is 5.73. The molecule has 2 aliphatic rings. The number of hydrogen-bond acceptors (Lipinski definition) is 5. The fourth-order valence-electron chi connectivity index (χ4n) is 2.96. The summed E-state index contributed by atoms with van der Waals surface area (Å²) in [5.41, 5.74) is 0.934. The molecule has 0 radical (unpaired) electrons. The van der Waals surface area contributed by atoms with Gasteiger partial charge in [-0.25, -0.2) is 9.97 Å². The van der Waals surface area contributed by atoms with Crippen LogP contribution in [-0.4, -0.2) is 33.7 Å². The topological polar surface area (TPSA) is 59.9 Å². The number of fused-ring (bicyclic) bond motifs is 1. The first-order chi connectivity index (χ1) is 9.90. The van der Waals surface area contributed by atoms with Gasteiger partial charge in [-0.1, -0.05) is 0 Å². The molecule has 0 bridgehead atoms. The van der Waals surface area contributed by atoms with Gasteiger partial charge in [-0.15, -0.1) is 0 Å². The Morgan fingerprint density at radius 3 is 3.05 bits per heavy atom. The zero-order valence-corrected chi connectivity index (χ0v) is 11.3. The van der Waals surface area contributed by atoms with Gasteiger partial charge >= 0.3 is 0 Å². The average Bonchev–Trinajstić information content (AvgIpc) is 3.33. The monoisotopic (exact) mass is 270 g/mol. The molecule has 104 valence electrons. The molecule has 1 aliphatic carbocycles. The highest BCUT2D eigenvalue weighted by Gasteiger charge is 2.35. The molecule has 5 heteroatoms.